The Balaban J connectivity index is 3.21. The number of nitriles is 1. The fourth-order valence-corrected chi connectivity index (χ4v) is 1.48. The summed E-state index contributed by atoms with van der Waals surface area (Å²) in [5.41, 5.74) is -0.641. The average molecular weight is 275 g/mol. The van der Waals surface area contributed by atoms with Crippen LogP contribution < -0.4 is 0 Å². The molecule has 0 aliphatic heterocycles. The van der Waals surface area contributed by atoms with Crippen molar-refractivity contribution in [2.45, 2.75) is 13.3 Å². The quantitative estimate of drug-likeness (QED) is 0.483. The van der Waals surface area contributed by atoms with Gasteiger partial charge in [-0.3, -0.25) is 0 Å². The van der Waals surface area contributed by atoms with Crippen LogP contribution >= 0.6 is 0 Å². The summed E-state index contributed by atoms with van der Waals surface area (Å²) in [5, 5.41) is 27.5. The van der Waals surface area contributed by atoms with Crippen LogP contribution in [0, 0.1) is 11.3 Å². The van der Waals surface area contributed by atoms with Crippen LogP contribution in [-0.2, 0) is 9.53 Å². The number of hydrogen-bond acceptors (Lipinski definition) is 5. The van der Waals surface area contributed by atoms with E-state index in [0.717, 1.165) is 6.08 Å². The summed E-state index contributed by atoms with van der Waals surface area (Å²) in [5.74, 6) is -2.62. The molecule has 0 atom stereocenters. The molecule has 1 rings (SSSR count). The molecule has 0 saturated heterocycles. The van der Waals surface area contributed by atoms with Crippen LogP contribution in [0.4, 0.5) is 0 Å². The molecule has 0 aliphatic carbocycles. The number of carboxylic acids is 1. The van der Waals surface area contributed by atoms with Gasteiger partial charge in [0.15, 0.2) is 0 Å². The van der Waals surface area contributed by atoms with E-state index >= 15 is 0 Å². The summed E-state index contributed by atoms with van der Waals surface area (Å²) in [6.45, 7) is 1.98. The van der Waals surface area contributed by atoms with Crippen LogP contribution in [0.15, 0.2) is 23.8 Å². The van der Waals surface area contributed by atoms with E-state index in [1.807, 2.05) is 0 Å². The second-order valence-electron chi connectivity index (χ2n) is 3.85. The van der Waals surface area contributed by atoms with Gasteiger partial charge in [-0.1, -0.05) is 19.1 Å². The lowest BCUT2D eigenvalue weighted by Gasteiger charge is -2.05. The topological polar surface area (TPSA) is 108 Å². The van der Waals surface area contributed by atoms with Crippen molar-refractivity contribution >= 4 is 18.0 Å². The first-order valence-electron chi connectivity index (χ1n) is 5.85. The summed E-state index contributed by atoms with van der Waals surface area (Å²) in [6, 6.07) is 5.67. The number of carboxylic acid groups (broad SMARTS) is 1. The number of benzene rings is 1. The van der Waals surface area contributed by atoms with Crippen molar-refractivity contribution in [3.8, 4) is 11.8 Å². The smallest absolute Gasteiger partial charge is 0.348 e. The maximum atomic E-state index is 11.6. The Labute approximate surface area is 115 Å². The van der Waals surface area contributed by atoms with Gasteiger partial charge in [-0.05, 0) is 24.1 Å². The average Bonchev–Trinajstić information content (AvgIpc) is 2.41. The summed E-state index contributed by atoms with van der Waals surface area (Å²) < 4.78 is 4.81. The number of carbonyl (C=O) groups is 2. The Morgan fingerprint density at radius 3 is 2.70 bits per heavy atom. The maximum Gasteiger partial charge on any atom is 0.348 e. The Hall–Kier alpha value is -2.81. The zero-order chi connectivity index (χ0) is 15.1. The standard InChI is InChI=1S/C14H13NO5/c1-2-6-20-14(19)10(8-15)7-9-4-3-5-11(16)12(9)13(17)18/h3-5,7,16H,2,6H2,1H3,(H,17,18). The monoisotopic (exact) mass is 275 g/mol. The van der Waals surface area contributed by atoms with Crippen LogP contribution in [0.1, 0.15) is 29.3 Å². The fourth-order valence-electron chi connectivity index (χ4n) is 1.48. The molecule has 0 bridgehead atoms. The van der Waals surface area contributed by atoms with Crippen LogP contribution in [-0.4, -0.2) is 28.8 Å². The molecule has 0 saturated carbocycles. The fraction of sp³-hybridized carbons (Fsp3) is 0.214. The van der Waals surface area contributed by atoms with Crippen molar-refractivity contribution in [1.29, 1.82) is 5.26 Å². The molecule has 0 spiro atoms. The van der Waals surface area contributed by atoms with E-state index in [-0.39, 0.29) is 23.3 Å². The third kappa shape index (κ3) is 3.59. The second-order valence-corrected chi connectivity index (χ2v) is 3.85. The molecular formula is C14H13NO5. The van der Waals surface area contributed by atoms with Crippen molar-refractivity contribution in [3.05, 3.63) is 34.9 Å². The number of aromatic hydroxyl groups is 1. The van der Waals surface area contributed by atoms with Crippen molar-refractivity contribution in [1.82, 2.24) is 0 Å². The summed E-state index contributed by atoms with van der Waals surface area (Å²) in [6.07, 6.45) is 1.69. The van der Waals surface area contributed by atoms with Crippen molar-refractivity contribution in [2.75, 3.05) is 6.61 Å². The number of carbonyl (C=O) groups excluding carboxylic acids is 1. The minimum atomic E-state index is -1.35. The van der Waals surface area contributed by atoms with Gasteiger partial charge in [0.1, 0.15) is 23.0 Å². The van der Waals surface area contributed by atoms with E-state index in [4.69, 9.17) is 15.1 Å². The molecule has 1 aromatic carbocycles. The second kappa shape index (κ2) is 6.95. The molecule has 2 N–H and O–H groups in total. The third-order valence-corrected chi connectivity index (χ3v) is 2.37. The molecule has 0 amide bonds. The Morgan fingerprint density at radius 1 is 1.45 bits per heavy atom. The lowest BCUT2D eigenvalue weighted by molar-refractivity contribution is -0.138. The SMILES string of the molecule is CCCOC(=O)C(C#N)=Cc1cccc(O)c1C(=O)O. The van der Waals surface area contributed by atoms with E-state index < -0.39 is 17.7 Å². The molecule has 0 aromatic heterocycles. The number of rotatable bonds is 5. The first kappa shape index (κ1) is 15.2. The minimum absolute atomic E-state index is 0.0579. The summed E-state index contributed by atoms with van der Waals surface area (Å²) in [7, 11) is 0. The molecule has 0 fully saturated rings. The van der Waals surface area contributed by atoms with Crippen LogP contribution in [0.3, 0.4) is 0 Å². The molecule has 6 nitrogen and oxygen atoms in total. The predicted octanol–water partition coefficient (Wildman–Crippen LogP) is 1.95. The maximum absolute atomic E-state index is 11.6. The highest BCUT2D eigenvalue weighted by atomic mass is 16.5. The zero-order valence-corrected chi connectivity index (χ0v) is 10.8. The molecule has 20 heavy (non-hydrogen) atoms. The molecule has 6 heteroatoms. The van der Waals surface area contributed by atoms with Gasteiger partial charge in [0, 0.05) is 0 Å². The highest BCUT2D eigenvalue weighted by Crippen LogP contribution is 2.23. The Morgan fingerprint density at radius 2 is 2.15 bits per heavy atom. The van der Waals surface area contributed by atoms with E-state index in [9.17, 15) is 14.7 Å². The normalized spacial score (nSPS) is 10.7. The summed E-state index contributed by atoms with van der Waals surface area (Å²) in [4.78, 5) is 22.6. The van der Waals surface area contributed by atoms with Gasteiger partial charge in [-0.2, -0.15) is 5.26 Å². The third-order valence-electron chi connectivity index (χ3n) is 2.37. The predicted molar refractivity (Wildman–Crippen MR) is 69.9 cm³/mol. The van der Waals surface area contributed by atoms with Crippen LogP contribution in [0.5, 0.6) is 5.75 Å². The molecule has 0 unspecified atom stereocenters. The number of ether oxygens (including phenoxy) is 1. The van der Waals surface area contributed by atoms with Gasteiger partial charge in [-0.15, -0.1) is 0 Å². The van der Waals surface area contributed by atoms with E-state index in [1.165, 1.54) is 18.2 Å². The molecule has 0 heterocycles. The molecule has 1 aromatic rings. The zero-order valence-electron chi connectivity index (χ0n) is 10.8. The van der Waals surface area contributed by atoms with Crippen molar-refractivity contribution in [2.24, 2.45) is 0 Å². The number of hydrogen-bond donors (Lipinski definition) is 2. The lowest BCUT2D eigenvalue weighted by Crippen LogP contribution is -2.08. The van der Waals surface area contributed by atoms with Gasteiger partial charge in [0.25, 0.3) is 0 Å². The van der Waals surface area contributed by atoms with Gasteiger partial charge < -0.3 is 14.9 Å². The first-order chi connectivity index (χ1) is 9.51. The van der Waals surface area contributed by atoms with E-state index in [1.54, 1.807) is 13.0 Å². The van der Waals surface area contributed by atoms with Crippen molar-refractivity contribution < 1.29 is 24.5 Å². The van der Waals surface area contributed by atoms with Gasteiger partial charge in [-0.25, -0.2) is 9.59 Å². The number of aromatic carboxylic acids is 1. The van der Waals surface area contributed by atoms with Gasteiger partial charge >= 0.3 is 11.9 Å². The van der Waals surface area contributed by atoms with E-state index in [0.29, 0.717) is 6.42 Å². The minimum Gasteiger partial charge on any atom is -0.507 e. The van der Waals surface area contributed by atoms with Gasteiger partial charge in [0.2, 0.25) is 0 Å². The lowest BCUT2D eigenvalue weighted by atomic mass is 10.0. The number of esters is 1. The van der Waals surface area contributed by atoms with E-state index in [2.05, 4.69) is 0 Å². The highest BCUT2D eigenvalue weighted by Gasteiger charge is 2.16. The molecule has 0 radical (unpaired) electrons. The Bertz CT molecular complexity index is 598. The number of nitrogens with zero attached hydrogens (tertiary/aromatic N) is 1. The molecule has 104 valence electrons. The Kier molecular flexibility index (Phi) is 5.30. The van der Waals surface area contributed by atoms with Gasteiger partial charge in [0.05, 0.1) is 6.61 Å². The summed E-state index contributed by atoms with van der Waals surface area (Å²) >= 11 is 0. The largest absolute Gasteiger partial charge is 0.507 e. The van der Waals surface area contributed by atoms with Crippen LogP contribution in [0.25, 0.3) is 6.08 Å². The highest BCUT2D eigenvalue weighted by molar-refractivity contribution is 6.01. The molecular weight excluding hydrogens is 262 g/mol. The molecule has 0 aliphatic rings. The first-order valence-corrected chi connectivity index (χ1v) is 5.85. The van der Waals surface area contributed by atoms with Crippen LogP contribution in [0.2, 0.25) is 0 Å². The van der Waals surface area contributed by atoms with Crippen molar-refractivity contribution in [3.63, 3.8) is 0 Å². The number of phenols is 1.